The summed E-state index contributed by atoms with van der Waals surface area (Å²) >= 11 is 0. The number of benzene rings is 1. The number of hydrogen-bond donors (Lipinski definition) is 4. The van der Waals surface area contributed by atoms with Crippen molar-refractivity contribution in [2.45, 2.75) is 39.1 Å². The van der Waals surface area contributed by atoms with E-state index in [1.54, 1.807) is 32.9 Å². The molecule has 2 aromatic rings. The number of carbonyl (C=O) groups is 3. The molecule has 3 amide bonds. The molecule has 0 saturated carbocycles. The molecule has 15 nitrogen and oxygen atoms in total. The number of nitrogens with one attached hydrogen (secondary N) is 4. The molecule has 1 aromatic heterocycles. The van der Waals surface area contributed by atoms with Crippen molar-refractivity contribution in [1.29, 1.82) is 5.41 Å². The Hall–Kier alpha value is -4.44. The van der Waals surface area contributed by atoms with Crippen LogP contribution in [-0.2, 0) is 35.7 Å². The van der Waals surface area contributed by atoms with Crippen molar-refractivity contribution in [3.8, 4) is 0 Å². The van der Waals surface area contributed by atoms with Gasteiger partial charge in [0, 0.05) is 12.2 Å². The van der Waals surface area contributed by atoms with Gasteiger partial charge in [-0.25, -0.2) is 18.0 Å². The highest BCUT2D eigenvalue weighted by Gasteiger charge is 2.24. The number of hydrogen-bond acceptors (Lipinski definition) is 10. The molecule has 0 aliphatic heterocycles. The number of aromatic nitrogens is 1. The standard InChI is InChI=1S/C24H32N6O9S/c1-5-37-23(33)27-22(25)30(24(34)38-6-2)39-13-12-26-20(31)15-29-17(4)10-11-19(21(29)32)28-40(35,36)18-9-7-8-16(3)14-18/h7-11,14,28H,5-6,12-13,15H2,1-4H3,(H,26,31)(H2,25,27,33). The van der Waals surface area contributed by atoms with Gasteiger partial charge in [0.05, 0.1) is 24.7 Å². The second-order valence-electron chi connectivity index (χ2n) is 8.07. The lowest BCUT2D eigenvalue weighted by Crippen LogP contribution is -2.47. The van der Waals surface area contributed by atoms with E-state index in [1.807, 2.05) is 5.32 Å². The van der Waals surface area contributed by atoms with Crippen LogP contribution in [0.2, 0.25) is 0 Å². The number of nitrogens with zero attached hydrogens (tertiary/aromatic N) is 2. The van der Waals surface area contributed by atoms with E-state index in [1.165, 1.54) is 31.2 Å². The highest BCUT2D eigenvalue weighted by atomic mass is 32.2. The maximum Gasteiger partial charge on any atom is 0.441 e. The van der Waals surface area contributed by atoms with Crippen molar-refractivity contribution in [2.24, 2.45) is 0 Å². The maximum absolute atomic E-state index is 13.0. The second kappa shape index (κ2) is 14.6. The zero-order chi connectivity index (χ0) is 29.9. The lowest BCUT2D eigenvalue weighted by atomic mass is 10.2. The molecule has 0 saturated heterocycles. The molecule has 0 aliphatic rings. The molecule has 0 atom stereocenters. The van der Waals surface area contributed by atoms with Crippen molar-refractivity contribution in [2.75, 3.05) is 31.1 Å². The van der Waals surface area contributed by atoms with Crippen molar-refractivity contribution >= 4 is 39.8 Å². The number of guanidine groups is 1. The zero-order valence-corrected chi connectivity index (χ0v) is 23.3. The minimum atomic E-state index is -4.05. The van der Waals surface area contributed by atoms with Crippen molar-refractivity contribution < 1.29 is 37.1 Å². The topological polar surface area (TPSA) is 198 Å². The molecule has 0 radical (unpaired) electrons. The molecule has 1 heterocycles. The average Bonchev–Trinajstić information content (AvgIpc) is 2.88. The normalized spacial score (nSPS) is 10.8. The molecule has 2 rings (SSSR count). The Labute approximate surface area is 230 Å². The van der Waals surface area contributed by atoms with Gasteiger partial charge in [-0.1, -0.05) is 12.1 Å². The quantitative estimate of drug-likeness (QED) is 0.131. The summed E-state index contributed by atoms with van der Waals surface area (Å²) < 4.78 is 38.3. The van der Waals surface area contributed by atoms with Gasteiger partial charge < -0.3 is 19.4 Å². The van der Waals surface area contributed by atoms with Gasteiger partial charge in [0.25, 0.3) is 15.6 Å². The lowest BCUT2D eigenvalue weighted by molar-refractivity contribution is -0.123. The number of sulfonamides is 1. The summed E-state index contributed by atoms with van der Waals surface area (Å²) in [7, 11) is -4.05. The van der Waals surface area contributed by atoms with Crippen LogP contribution in [0.4, 0.5) is 15.3 Å². The zero-order valence-electron chi connectivity index (χ0n) is 22.5. The first-order valence-electron chi connectivity index (χ1n) is 12.1. The van der Waals surface area contributed by atoms with E-state index in [-0.39, 0.29) is 36.9 Å². The minimum Gasteiger partial charge on any atom is -0.450 e. The van der Waals surface area contributed by atoms with E-state index in [4.69, 9.17) is 15.0 Å². The SMILES string of the molecule is CCOC(=O)NC(=N)N(OCCNC(=O)Cn1c(C)ccc(NS(=O)(=O)c2cccc(C)c2)c1=O)C(=O)OCC. The number of pyridine rings is 1. The Morgan fingerprint density at radius 3 is 2.40 bits per heavy atom. The summed E-state index contributed by atoms with van der Waals surface area (Å²) in [4.78, 5) is 54.3. The molecule has 0 aliphatic carbocycles. The number of alkyl carbamates (subject to hydrolysis) is 1. The van der Waals surface area contributed by atoms with Crippen LogP contribution in [0.15, 0.2) is 46.1 Å². The molecule has 0 unspecified atom stereocenters. The number of rotatable bonds is 11. The number of carbonyl (C=O) groups excluding carboxylic acids is 3. The van der Waals surface area contributed by atoms with Crippen molar-refractivity contribution in [3.63, 3.8) is 0 Å². The summed E-state index contributed by atoms with van der Waals surface area (Å²) in [6.07, 6.45) is -2.06. The minimum absolute atomic E-state index is 0.0147. The monoisotopic (exact) mass is 580 g/mol. The van der Waals surface area contributed by atoms with E-state index in [9.17, 15) is 27.6 Å². The molecule has 40 heavy (non-hydrogen) atoms. The first-order valence-corrected chi connectivity index (χ1v) is 13.6. The van der Waals surface area contributed by atoms with Gasteiger partial charge in [-0.15, -0.1) is 5.06 Å². The summed E-state index contributed by atoms with van der Waals surface area (Å²) in [5.41, 5.74) is 0.166. The third-order valence-electron chi connectivity index (χ3n) is 5.02. The Kier molecular flexibility index (Phi) is 11.6. The number of amides is 3. The van der Waals surface area contributed by atoms with Crippen LogP contribution in [0.3, 0.4) is 0 Å². The maximum atomic E-state index is 13.0. The van der Waals surface area contributed by atoms with Gasteiger partial charge in [-0.3, -0.25) is 29.9 Å². The molecule has 0 fully saturated rings. The molecule has 0 spiro atoms. The Morgan fingerprint density at radius 1 is 1.05 bits per heavy atom. The van der Waals surface area contributed by atoms with Gasteiger partial charge in [-0.2, -0.15) is 0 Å². The summed E-state index contributed by atoms with van der Waals surface area (Å²) in [6.45, 7) is 5.50. The number of aryl methyl sites for hydroxylation is 2. The van der Waals surface area contributed by atoms with Crippen LogP contribution in [0.1, 0.15) is 25.1 Å². The third kappa shape index (κ3) is 9.09. The van der Waals surface area contributed by atoms with Crippen LogP contribution >= 0.6 is 0 Å². The number of ether oxygens (including phenoxy) is 2. The summed E-state index contributed by atoms with van der Waals surface area (Å²) in [6, 6.07) is 8.98. The van der Waals surface area contributed by atoms with Crippen LogP contribution in [-0.4, -0.2) is 68.5 Å². The van der Waals surface area contributed by atoms with E-state index >= 15 is 0 Å². The van der Waals surface area contributed by atoms with Gasteiger partial charge in [0.2, 0.25) is 11.9 Å². The fourth-order valence-corrected chi connectivity index (χ4v) is 4.32. The third-order valence-corrected chi connectivity index (χ3v) is 6.38. The van der Waals surface area contributed by atoms with Gasteiger partial charge in [0.15, 0.2) is 0 Å². The molecule has 4 N–H and O–H groups in total. The molecule has 1 aromatic carbocycles. The van der Waals surface area contributed by atoms with Crippen molar-refractivity contribution in [1.82, 2.24) is 20.3 Å². The number of hydroxylamine groups is 2. The van der Waals surface area contributed by atoms with Gasteiger partial charge in [-0.05, 0) is 57.5 Å². The molecular formula is C24H32N6O9S. The summed E-state index contributed by atoms with van der Waals surface area (Å²) in [5.74, 6) is -1.38. The van der Waals surface area contributed by atoms with Crippen LogP contribution in [0.5, 0.6) is 0 Å². The molecule has 16 heteroatoms. The predicted molar refractivity (Wildman–Crippen MR) is 143 cm³/mol. The van der Waals surface area contributed by atoms with Crippen LogP contribution < -0.4 is 20.9 Å². The van der Waals surface area contributed by atoms with E-state index < -0.39 is 46.2 Å². The Bertz CT molecular complexity index is 1410. The lowest BCUT2D eigenvalue weighted by Gasteiger charge is -2.21. The highest BCUT2D eigenvalue weighted by molar-refractivity contribution is 7.92. The molecular weight excluding hydrogens is 548 g/mol. The highest BCUT2D eigenvalue weighted by Crippen LogP contribution is 2.15. The largest absolute Gasteiger partial charge is 0.450 e. The summed E-state index contributed by atoms with van der Waals surface area (Å²) in [5, 5.41) is 12.7. The fraction of sp³-hybridized carbons (Fsp3) is 0.375. The van der Waals surface area contributed by atoms with Gasteiger partial charge in [0.1, 0.15) is 12.2 Å². The number of anilines is 1. The van der Waals surface area contributed by atoms with Crippen molar-refractivity contribution in [3.05, 3.63) is 58.0 Å². The first kappa shape index (κ1) is 31.8. The predicted octanol–water partition coefficient (Wildman–Crippen LogP) is 1.45. The first-order chi connectivity index (χ1) is 18.9. The molecule has 218 valence electrons. The van der Waals surface area contributed by atoms with E-state index in [0.29, 0.717) is 10.8 Å². The van der Waals surface area contributed by atoms with E-state index in [2.05, 4.69) is 14.8 Å². The smallest absolute Gasteiger partial charge is 0.441 e. The van der Waals surface area contributed by atoms with Crippen LogP contribution in [0.25, 0.3) is 0 Å². The fourth-order valence-electron chi connectivity index (χ4n) is 3.16. The average molecular weight is 581 g/mol. The molecule has 0 bridgehead atoms. The van der Waals surface area contributed by atoms with Crippen LogP contribution in [0, 0.1) is 19.3 Å². The van der Waals surface area contributed by atoms with E-state index in [0.717, 1.165) is 10.1 Å². The Balaban J connectivity index is 2.02. The van der Waals surface area contributed by atoms with Gasteiger partial charge >= 0.3 is 12.2 Å². The second-order valence-corrected chi connectivity index (χ2v) is 9.75. The Morgan fingerprint density at radius 2 is 1.75 bits per heavy atom.